The van der Waals surface area contributed by atoms with Gasteiger partial charge >= 0.3 is 11.9 Å². The fraction of sp³-hybridized carbons (Fsp3) is 0.391. The molecule has 5 nitrogen and oxygen atoms in total. The van der Waals surface area contributed by atoms with Crippen LogP contribution in [0.3, 0.4) is 0 Å². The summed E-state index contributed by atoms with van der Waals surface area (Å²) in [6.45, 7) is 5.92. The van der Waals surface area contributed by atoms with E-state index in [-0.39, 0.29) is 24.7 Å². The standard InChI is InChI=1S/C23H26Cl2O5/c1-5-30-22(27)12-17(23(28)29-4)15-10-19(24)18(20(25)11-15)9-14-6-7-21(26)16(8-14)13(2)3/h6-8,10-11,13,17,26H,5,9,12H2,1-4H3. The number of ether oxygens (including phenoxy) is 2. The number of hydrogen-bond acceptors (Lipinski definition) is 5. The second-order valence-electron chi connectivity index (χ2n) is 7.27. The van der Waals surface area contributed by atoms with Gasteiger partial charge in [-0.1, -0.05) is 49.2 Å². The van der Waals surface area contributed by atoms with Crippen molar-refractivity contribution in [2.75, 3.05) is 13.7 Å². The number of phenolic OH excluding ortho intramolecular Hbond substituents is 1. The van der Waals surface area contributed by atoms with Crippen LogP contribution in [0.5, 0.6) is 5.75 Å². The minimum Gasteiger partial charge on any atom is -0.508 e. The van der Waals surface area contributed by atoms with Gasteiger partial charge in [0.2, 0.25) is 0 Å². The molecule has 0 bridgehead atoms. The molecule has 0 aliphatic heterocycles. The summed E-state index contributed by atoms with van der Waals surface area (Å²) in [6.07, 6.45) is 0.293. The molecule has 0 heterocycles. The summed E-state index contributed by atoms with van der Waals surface area (Å²) in [4.78, 5) is 24.2. The molecule has 0 aliphatic carbocycles. The Morgan fingerprint density at radius 1 is 1.10 bits per heavy atom. The van der Waals surface area contributed by atoms with Crippen LogP contribution in [0.4, 0.5) is 0 Å². The lowest BCUT2D eigenvalue weighted by molar-refractivity contribution is -0.150. The first-order chi connectivity index (χ1) is 14.2. The highest BCUT2D eigenvalue weighted by atomic mass is 35.5. The first-order valence-corrected chi connectivity index (χ1v) is 10.5. The van der Waals surface area contributed by atoms with E-state index in [2.05, 4.69) is 0 Å². The quantitative estimate of drug-likeness (QED) is 0.525. The summed E-state index contributed by atoms with van der Waals surface area (Å²) in [6, 6.07) is 8.67. The molecule has 162 valence electrons. The van der Waals surface area contributed by atoms with Crippen molar-refractivity contribution in [1.82, 2.24) is 0 Å². The number of carbonyl (C=O) groups is 2. The maximum absolute atomic E-state index is 12.2. The van der Waals surface area contributed by atoms with Gasteiger partial charge in [-0.05, 0) is 53.3 Å². The maximum Gasteiger partial charge on any atom is 0.313 e. The number of benzene rings is 2. The van der Waals surface area contributed by atoms with E-state index in [9.17, 15) is 14.7 Å². The largest absolute Gasteiger partial charge is 0.508 e. The van der Waals surface area contributed by atoms with E-state index >= 15 is 0 Å². The topological polar surface area (TPSA) is 72.8 Å². The Bertz CT molecular complexity index is 901. The van der Waals surface area contributed by atoms with Crippen LogP contribution >= 0.6 is 23.2 Å². The second-order valence-corrected chi connectivity index (χ2v) is 8.09. The summed E-state index contributed by atoms with van der Waals surface area (Å²) in [5, 5.41) is 10.8. The molecule has 0 saturated heterocycles. The summed E-state index contributed by atoms with van der Waals surface area (Å²) < 4.78 is 9.80. The average molecular weight is 453 g/mol. The third-order valence-corrected chi connectivity index (χ3v) is 5.50. The lowest BCUT2D eigenvalue weighted by Gasteiger charge is -2.17. The molecule has 0 aromatic heterocycles. The van der Waals surface area contributed by atoms with E-state index in [1.54, 1.807) is 25.1 Å². The molecule has 2 aromatic rings. The fourth-order valence-corrected chi connectivity index (χ4v) is 3.88. The fourth-order valence-electron chi connectivity index (χ4n) is 3.24. The number of phenols is 1. The number of carbonyl (C=O) groups excluding carboxylic acids is 2. The van der Waals surface area contributed by atoms with Gasteiger partial charge in [0.1, 0.15) is 5.75 Å². The van der Waals surface area contributed by atoms with Gasteiger partial charge < -0.3 is 14.6 Å². The number of hydrogen-bond donors (Lipinski definition) is 1. The van der Waals surface area contributed by atoms with Gasteiger partial charge in [-0.2, -0.15) is 0 Å². The average Bonchev–Trinajstić information content (AvgIpc) is 2.69. The third-order valence-electron chi connectivity index (χ3n) is 4.82. The molecule has 0 aliphatic rings. The van der Waals surface area contributed by atoms with Crippen molar-refractivity contribution in [3.05, 3.63) is 62.6 Å². The van der Waals surface area contributed by atoms with E-state index in [0.717, 1.165) is 11.1 Å². The molecular weight excluding hydrogens is 427 g/mol. The number of rotatable bonds is 8. The SMILES string of the molecule is CCOC(=O)CC(C(=O)OC)c1cc(Cl)c(Cc2ccc(O)c(C(C)C)c2)c(Cl)c1. The van der Waals surface area contributed by atoms with Crippen LogP contribution < -0.4 is 0 Å². The van der Waals surface area contributed by atoms with Crippen molar-refractivity contribution >= 4 is 35.1 Å². The first kappa shape index (κ1) is 24.0. The smallest absolute Gasteiger partial charge is 0.313 e. The molecule has 0 fully saturated rings. The van der Waals surface area contributed by atoms with Gasteiger partial charge in [0.25, 0.3) is 0 Å². The molecule has 2 rings (SSSR count). The van der Waals surface area contributed by atoms with E-state index in [1.807, 2.05) is 26.0 Å². The van der Waals surface area contributed by atoms with Gasteiger partial charge in [0.15, 0.2) is 0 Å². The van der Waals surface area contributed by atoms with Crippen molar-refractivity contribution in [1.29, 1.82) is 0 Å². The third kappa shape index (κ3) is 5.89. The monoisotopic (exact) mass is 452 g/mol. The van der Waals surface area contributed by atoms with Gasteiger partial charge in [-0.25, -0.2) is 0 Å². The molecule has 0 radical (unpaired) electrons. The Balaban J connectivity index is 2.37. The highest BCUT2D eigenvalue weighted by Crippen LogP contribution is 2.35. The molecule has 2 aromatic carbocycles. The molecule has 0 saturated carbocycles. The summed E-state index contributed by atoms with van der Waals surface area (Å²) in [5.41, 5.74) is 2.98. The van der Waals surface area contributed by atoms with E-state index in [4.69, 9.17) is 32.7 Å². The van der Waals surface area contributed by atoms with Crippen LogP contribution in [-0.4, -0.2) is 30.8 Å². The Morgan fingerprint density at radius 2 is 1.73 bits per heavy atom. The summed E-state index contributed by atoms with van der Waals surface area (Å²) >= 11 is 13.0. The molecular formula is C23H26Cl2O5. The molecule has 1 unspecified atom stereocenters. The number of esters is 2. The van der Waals surface area contributed by atoms with Crippen molar-refractivity contribution in [2.45, 2.75) is 45.4 Å². The van der Waals surface area contributed by atoms with Crippen LogP contribution in [-0.2, 0) is 25.5 Å². The van der Waals surface area contributed by atoms with Crippen molar-refractivity contribution < 1.29 is 24.2 Å². The zero-order chi connectivity index (χ0) is 22.4. The zero-order valence-corrected chi connectivity index (χ0v) is 19.0. The van der Waals surface area contributed by atoms with E-state index < -0.39 is 17.9 Å². The highest BCUT2D eigenvalue weighted by molar-refractivity contribution is 6.36. The minimum absolute atomic E-state index is 0.164. The van der Waals surface area contributed by atoms with Crippen LogP contribution in [0.25, 0.3) is 0 Å². The van der Waals surface area contributed by atoms with Crippen LogP contribution in [0.2, 0.25) is 10.0 Å². The van der Waals surface area contributed by atoms with Crippen LogP contribution in [0, 0.1) is 0 Å². The Kier molecular flexibility index (Phi) is 8.56. The summed E-state index contributed by atoms with van der Waals surface area (Å²) in [5.74, 6) is -1.51. The van der Waals surface area contributed by atoms with Gasteiger partial charge in [-0.3, -0.25) is 9.59 Å². The van der Waals surface area contributed by atoms with Crippen molar-refractivity contribution in [3.63, 3.8) is 0 Å². The number of methoxy groups -OCH3 is 1. The predicted octanol–water partition coefficient (Wildman–Crippen LogP) is 5.62. The number of aromatic hydroxyl groups is 1. The molecule has 0 spiro atoms. The lowest BCUT2D eigenvalue weighted by atomic mass is 9.92. The summed E-state index contributed by atoms with van der Waals surface area (Å²) in [7, 11) is 1.26. The highest BCUT2D eigenvalue weighted by Gasteiger charge is 2.27. The minimum atomic E-state index is -0.862. The van der Waals surface area contributed by atoms with Crippen molar-refractivity contribution in [3.8, 4) is 5.75 Å². The van der Waals surface area contributed by atoms with E-state index in [0.29, 0.717) is 27.6 Å². The second kappa shape index (κ2) is 10.7. The predicted molar refractivity (Wildman–Crippen MR) is 117 cm³/mol. The molecule has 30 heavy (non-hydrogen) atoms. The van der Waals surface area contributed by atoms with Gasteiger partial charge in [0.05, 0.1) is 26.1 Å². The van der Waals surface area contributed by atoms with Gasteiger partial charge in [-0.15, -0.1) is 0 Å². The molecule has 1 atom stereocenters. The maximum atomic E-state index is 12.2. The van der Waals surface area contributed by atoms with Gasteiger partial charge in [0, 0.05) is 16.5 Å². The molecule has 1 N–H and O–H groups in total. The Morgan fingerprint density at radius 3 is 2.27 bits per heavy atom. The molecule has 0 amide bonds. The zero-order valence-electron chi connectivity index (χ0n) is 17.5. The van der Waals surface area contributed by atoms with E-state index in [1.165, 1.54) is 7.11 Å². The van der Waals surface area contributed by atoms with Crippen LogP contribution in [0.1, 0.15) is 61.3 Å². The first-order valence-electron chi connectivity index (χ1n) is 9.70. The normalized spacial score (nSPS) is 12.0. The molecule has 7 heteroatoms. The lowest BCUT2D eigenvalue weighted by Crippen LogP contribution is -2.19. The van der Waals surface area contributed by atoms with Crippen LogP contribution in [0.15, 0.2) is 30.3 Å². The number of halogens is 2. The van der Waals surface area contributed by atoms with Crippen molar-refractivity contribution in [2.24, 2.45) is 0 Å². The Hall–Kier alpha value is -2.24. The Labute approximate surface area is 186 Å².